The summed E-state index contributed by atoms with van der Waals surface area (Å²) >= 11 is 0. The average Bonchev–Trinajstić information content (AvgIpc) is 2.35. The number of rotatable bonds is 6. The van der Waals surface area contributed by atoms with Gasteiger partial charge in [0.05, 0.1) is 4.90 Å². The molecule has 0 atom stereocenters. The maximum atomic E-state index is 12.5. The number of amides is 1. The third kappa shape index (κ3) is 6.31. The molecular formula is C17H28N2O3S. The summed E-state index contributed by atoms with van der Waals surface area (Å²) in [5.74, 6) is -0.271. The molecule has 0 radical (unpaired) electrons. The number of hydrogen-bond acceptors (Lipinski definition) is 3. The van der Waals surface area contributed by atoms with Gasteiger partial charge in [0.2, 0.25) is 10.0 Å². The highest BCUT2D eigenvalue weighted by Gasteiger charge is 2.27. The molecule has 0 aromatic heterocycles. The second-order valence-corrected chi connectivity index (χ2v) is 9.37. The Kier molecular flexibility index (Phi) is 5.99. The summed E-state index contributed by atoms with van der Waals surface area (Å²) in [6.07, 6.45) is 0.807. The van der Waals surface area contributed by atoms with Crippen LogP contribution in [0.25, 0.3) is 0 Å². The lowest BCUT2D eigenvalue weighted by Gasteiger charge is -2.33. The van der Waals surface area contributed by atoms with Gasteiger partial charge in [0, 0.05) is 17.6 Å². The highest BCUT2D eigenvalue weighted by atomic mass is 32.2. The molecule has 2 N–H and O–H groups in total. The Morgan fingerprint density at radius 2 is 1.74 bits per heavy atom. The molecule has 130 valence electrons. The van der Waals surface area contributed by atoms with Crippen molar-refractivity contribution in [3.8, 4) is 0 Å². The van der Waals surface area contributed by atoms with Crippen molar-refractivity contribution in [3.05, 3.63) is 29.8 Å². The van der Waals surface area contributed by atoms with Gasteiger partial charge in [0.15, 0.2) is 0 Å². The van der Waals surface area contributed by atoms with Crippen LogP contribution < -0.4 is 10.0 Å². The van der Waals surface area contributed by atoms with Crippen molar-refractivity contribution >= 4 is 15.9 Å². The third-order valence-corrected chi connectivity index (χ3v) is 4.71. The minimum Gasteiger partial charge on any atom is -0.347 e. The molecule has 0 saturated heterocycles. The largest absolute Gasteiger partial charge is 0.347 e. The number of nitrogens with one attached hydrogen (secondary N) is 2. The number of carbonyl (C=O) groups is 1. The van der Waals surface area contributed by atoms with E-state index in [9.17, 15) is 13.2 Å². The molecule has 0 unspecified atom stereocenters. The highest BCUT2D eigenvalue weighted by Crippen LogP contribution is 2.27. The molecule has 23 heavy (non-hydrogen) atoms. The lowest BCUT2D eigenvalue weighted by molar-refractivity contribution is 0.0891. The zero-order valence-corrected chi connectivity index (χ0v) is 15.7. The molecule has 0 fully saturated rings. The van der Waals surface area contributed by atoms with Crippen molar-refractivity contribution in [2.24, 2.45) is 5.41 Å². The van der Waals surface area contributed by atoms with Gasteiger partial charge in [0.1, 0.15) is 0 Å². The van der Waals surface area contributed by atoms with E-state index in [2.05, 4.69) is 30.8 Å². The van der Waals surface area contributed by atoms with E-state index in [1.54, 1.807) is 19.1 Å². The van der Waals surface area contributed by atoms with E-state index in [0.29, 0.717) is 12.1 Å². The second kappa shape index (κ2) is 7.01. The fourth-order valence-corrected chi connectivity index (χ4v) is 3.91. The van der Waals surface area contributed by atoms with E-state index in [-0.39, 0.29) is 21.8 Å². The van der Waals surface area contributed by atoms with E-state index in [4.69, 9.17) is 0 Å². The van der Waals surface area contributed by atoms with Crippen LogP contribution >= 0.6 is 0 Å². The van der Waals surface area contributed by atoms with E-state index < -0.39 is 10.0 Å². The van der Waals surface area contributed by atoms with Crippen molar-refractivity contribution in [3.63, 3.8) is 0 Å². The predicted molar refractivity (Wildman–Crippen MR) is 92.9 cm³/mol. The maximum absolute atomic E-state index is 12.5. The molecule has 0 aliphatic carbocycles. The van der Waals surface area contributed by atoms with E-state index in [1.165, 1.54) is 12.1 Å². The fraction of sp³-hybridized carbons (Fsp3) is 0.588. The van der Waals surface area contributed by atoms with Crippen molar-refractivity contribution in [2.75, 3.05) is 6.54 Å². The molecule has 6 heteroatoms. The highest BCUT2D eigenvalue weighted by molar-refractivity contribution is 7.89. The SMILES string of the molecule is CCNS(=O)(=O)c1cccc(C(=O)NC(C)(C)CC(C)(C)C)c1. The average molecular weight is 340 g/mol. The van der Waals surface area contributed by atoms with Gasteiger partial charge in [0.25, 0.3) is 5.91 Å². The summed E-state index contributed by atoms with van der Waals surface area (Å²) in [6.45, 7) is 12.3. The quantitative estimate of drug-likeness (QED) is 0.836. The monoisotopic (exact) mass is 340 g/mol. The second-order valence-electron chi connectivity index (χ2n) is 7.60. The summed E-state index contributed by atoms with van der Waals surface area (Å²) in [7, 11) is -3.57. The van der Waals surface area contributed by atoms with E-state index >= 15 is 0 Å². The van der Waals surface area contributed by atoms with Gasteiger partial charge in [-0.05, 0) is 43.9 Å². The van der Waals surface area contributed by atoms with Gasteiger partial charge >= 0.3 is 0 Å². The van der Waals surface area contributed by atoms with Crippen molar-refractivity contribution in [2.45, 2.75) is 58.4 Å². The Morgan fingerprint density at radius 3 is 2.26 bits per heavy atom. The zero-order chi connectivity index (χ0) is 17.9. The van der Waals surface area contributed by atoms with Crippen molar-refractivity contribution in [1.29, 1.82) is 0 Å². The number of sulfonamides is 1. The van der Waals surface area contributed by atoms with Crippen molar-refractivity contribution < 1.29 is 13.2 Å². The summed E-state index contributed by atoms with van der Waals surface area (Å²) in [5, 5.41) is 2.99. The number of hydrogen-bond donors (Lipinski definition) is 2. The molecule has 0 saturated carbocycles. The molecule has 1 aromatic carbocycles. The van der Waals surface area contributed by atoms with Crippen LogP contribution in [0.15, 0.2) is 29.2 Å². The molecule has 0 spiro atoms. The first kappa shape index (κ1) is 19.6. The van der Waals surface area contributed by atoms with Gasteiger partial charge in [-0.3, -0.25) is 4.79 Å². The summed E-state index contributed by atoms with van der Waals surface area (Å²) in [5.41, 5.74) is 0.0322. The molecular weight excluding hydrogens is 312 g/mol. The first-order chi connectivity index (χ1) is 10.4. The Balaban J connectivity index is 2.98. The van der Waals surface area contributed by atoms with E-state index in [0.717, 1.165) is 6.42 Å². The molecule has 0 aliphatic heterocycles. The van der Waals surface area contributed by atoms with Crippen LogP contribution in [-0.2, 0) is 10.0 Å². The third-order valence-electron chi connectivity index (χ3n) is 3.17. The first-order valence-electron chi connectivity index (χ1n) is 7.78. The lowest BCUT2D eigenvalue weighted by atomic mass is 9.81. The van der Waals surface area contributed by atoms with Crippen LogP contribution in [0, 0.1) is 5.41 Å². The Hall–Kier alpha value is -1.40. The maximum Gasteiger partial charge on any atom is 0.251 e. The minimum absolute atomic E-state index is 0.0764. The van der Waals surface area contributed by atoms with Crippen LogP contribution in [0.1, 0.15) is 58.3 Å². The topological polar surface area (TPSA) is 75.3 Å². The lowest BCUT2D eigenvalue weighted by Crippen LogP contribution is -2.45. The molecule has 1 amide bonds. The predicted octanol–water partition coefficient (Wildman–Crippen LogP) is 2.93. The smallest absolute Gasteiger partial charge is 0.251 e. The molecule has 0 aliphatic rings. The van der Waals surface area contributed by atoms with Crippen LogP contribution in [-0.4, -0.2) is 26.4 Å². The van der Waals surface area contributed by atoms with Crippen molar-refractivity contribution in [1.82, 2.24) is 10.0 Å². The fourth-order valence-electron chi connectivity index (χ4n) is 2.83. The van der Waals surface area contributed by atoms with Gasteiger partial charge in [-0.15, -0.1) is 0 Å². The Labute approximate surface area is 139 Å². The van der Waals surface area contributed by atoms with Gasteiger partial charge in [-0.25, -0.2) is 13.1 Å². The van der Waals surface area contributed by atoms with Gasteiger partial charge in [-0.1, -0.05) is 33.8 Å². The van der Waals surface area contributed by atoms with Gasteiger partial charge < -0.3 is 5.32 Å². The van der Waals surface area contributed by atoms with Crippen LogP contribution in [0.3, 0.4) is 0 Å². The Bertz CT molecular complexity index is 659. The normalized spacial score (nSPS) is 13.0. The van der Waals surface area contributed by atoms with Gasteiger partial charge in [-0.2, -0.15) is 0 Å². The molecule has 1 aromatic rings. The summed E-state index contributed by atoms with van der Waals surface area (Å²) in [4.78, 5) is 12.6. The van der Waals surface area contributed by atoms with E-state index in [1.807, 2.05) is 13.8 Å². The Morgan fingerprint density at radius 1 is 1.13 bits per heavy atom. The van der Waals surface area contributed by atoms with Crippen LogP contribution in [0.5, 0.6) is 0 Å². The molecule has 0 heterocycles. The molecule has 1 rings (SSSR count). The summed E-state index contributed by atoms with van der Waals surface area (Å²) in [6, 6.07) is 6.08. The molecule has 0 bridgehead atoms. The van der Waals surface area contributed by atoms with Crippen LogP contribution in [0.4, 0.5) is 0 Å². The first-order valence-corrected chi connectivity index (χ1v) is 9.27. The van der Waals surface area contributed by atoms with Crippen LogP contribution in [0.2, 0.25) is 0 Å². The minimum atomic E-state index is -3.57. The zero-order valence-electron chi connectivity index (χ0n) is 14.9. The number of carbonyl (C=O) groups excluding carboxylic acids is 1. The standard InChI is InChI=1S/C17H28N2O3S/c1-7-18-23(21,22)14-10-8-9-13(11-14)15(20)19-17(5,6)12-16(2,3)4/h8-11,18H,7,12H2,1-6H3,(H,19,20). The molecule has 5 nitrogen and oxygen atoms in total. The number of benzene rings is 1. The summed E-state index contributed by atoms with van der Waals surface area (Å²) < 4.78 is 26.5.